The highest BCUT2D eigenvalue weighted by Crippen LogP contribution is 2.17. The molecule has 1 heterocycles. The van der Waals surface area contributed by atoms with E-state index >= 15 is 0 Å². The van der Waals surface area contributed by atoms with Crippen LogP contribution in [0.15, 0.2) is 6.07 Å². The average Bonchev–Trinajstić information content (AvgIpc) is 2.43. The van der Waals surface area contributed by atoms with Crippen molar-refractivity contribution in [2.45, 2.75) is 27.4 Å². The Kier molecular flexibility index (Phi) is 6.87. The largest absolute Gasteiger partial charge is 0.374 e. The van der Waals surface area contributed by atoms with Gasteiger partial charge in [0.05, 0.1) is 6.54 Å². The molecule has 21 heavy (non-hydrogen) atoms. The number of amides is 1. The standard InChI is InChI=1S/C14H25N5O2/c1-5-21-9-13-17-12(16-4)6-14(18-13)19(7-10(2)3)8-11(15)20/h6,10H,5,7-9H2,1-4H3,(H2,15,20)(H,16,17,18). The summed E-state index contributed by atoms with van der Waals surface area (Å²) < 4.78 is 5.35. The number of nitrogens with two attached hydrogens (primary N) is 1. The number of hydrogen-bond acceptors (Lipinski definition) is 6. The highest BCUT2D eigenvalue weighted by molar-refractivity contribution is 5.79. The second kappa shape index (κ2) is 8.41. The van der Waals surface area contributed by atoms with Gasteiger partial charge < -0.3 is 20.7 Å². The van der Waals surface area contributed by atoms with Crippen molar-refractivity contribution in [3.8, 4) is 0 Å². The van der Waals surface area contributed by atoms with Crippen LogP contribution in [-0.4, -0.2) is 42.6 Å². The molecule has 0 radical (unpaired) electrons. The number of rotatable bonds is 9. The molecular formula is C14H25N5O2. The summed E-state index contributed by atoms with van der Waals surface area (Å²) in [6.45, 7) is 7.83. The summed E-state index contributed by atoms with van der Waals surface area (Å²) in [4.78, 5) is 21.9. The molecular weight excluding hydrogens is 270 g/mol. The van der Waals surface area contributed by atoms with Gasteiger partial charge in [-0.15, -0.1) is 0 Å². The molecule has 0 aliphatic rings. The van der Waals surface area contributed by atoms with Crippen LogP contribution in [0.2, 0.25) is 0 Å². The van der Waals surface area contributed by atoms with Crippen molar-refractivity contribution in [2.24, 2.45) is 11.7 Å². The Morgan fingerprint density at radius 1 is 1.48 bits per heavy atom. The Bertz CT molecular complexity index is 465. The Morgan fingerprint density at radius 2 is 2.19 bits per heavy atom. The quantitative estimate of drug-likeness (QED) is 0.706. The third-order valence-electron chi connectivity index (χ3n) is 2.71. The molecule has 0 aliphatic carbocycles. The van der Waals surface area contributed by atoms with E-state index < -0.39 is 0 Å². The lowest BCUT2D eigenvalue weighted by Gasteiger charge is -2.25. The highest BCUT2D eigenvalue weighted by atomic mass is 16.5. The minimum atomic E-state index is -0.383. The summed E-state index contributed by atoms with van der Waals surface area (Å²) in [5.41, 5.74) is 5.33. The number of nitrogens with zero attached hydrogens (tertiary/aromatic N) is 3. The van der Waals surface area contributed by atoms with Gasteiger partial charge in [-0.1, -0.05) is 13.8 Å². The van der Waals surface area contributed by atoms with Crippen LogP contribution in [0.1, 0.15) is 26.6 Å². The van der Waals surface area contributed by atoms with Gasteiger partial charge in [-0.05, 0) is 12.8 Å². The molecule has 0 aromatic carbocycles. The molecule has 7 heteroatoms. The number of hydrogen-bond donors (Lipinski definition) is 2. The molecule has 0 bridgehead atoms. The zero-order valence-electron chi connectivity index (χ0n) is 13.2. The summed E-state index contributed by atoms with van der Waals surface area (Å²) in [5.74, 6) is 1.95. The summed E-state index contributed by atoms with van der Waals surface area (Å²) >= 11 is 0. The van der Waals surface area contributed by atoms with E-state index in [2.05, 4.69) is 29.1 Å². The summed E-state index contributed by atoms with van der Waals surface area (Å²) in [6, 6.07) is 1.81. The van der Waals surface area contributed by atoms with Gasteiger partial charge in [0.25, 0.3) is 0 Å². The van der Waals surface area contributed by atoms with Gasteiger partial charge >= 0.3 is 0 Å². The number of primary amides is 1. The average molecular weight is 295 g/mol. The second-order valence-electron chi connectivity index (χ2n) is 5.16. The maximum Gasteiger partial charge on any atom is 0.236 e. The van der Waals surface area contributed by atoms with Gasteiger partial charge in [0.2, 0.25) is 5.91 Å². The zero-order chi connectivity index (χ0) is 15.8. The molecule has 0 spiro atoms. The number of ether oxygens (including phenoxy) is 1. The van der Waals surface area contributed by atoms with E-state index in [0.717, 1.165) is 0 Å². The molecule has 1 rings (SSSR count). The Labute approximate surface area is 125 Å². The minimum Gasteiger partial charge on any atom is -0.374 e. The minimum absolute atomic E-state index is 0.131. The van der Waals surface area contributed by atoms with Crippen LogP contribution in [0, 0.1) is 5.92 Å². The second-order valence-corrected chi connectivity index (χ2v) is 5.16. The van der Waals surface area contributed by atoms with Crippen molar-refractivity contribution >= 4 is 17.5 Å². The third-order valence-corrected chi connectivity index (χ3v) is 2.71. The first-order valence-corrected chi connectivity index (χ1v) is 7.13. The normalized spacial score (nSPS) is 10.7. The number of aromatic nitrogens is 2. The summed E-state index contributed by atoms with van der Waals surface area (Å²) in [7, 11) is 1.79. The third kappa shape index (κ3) is 5.95. The van der Waals surface area contributed by atoms with Gasteiger partial charge in [-0.2, -0.15) is 0 Å². The van der Waals surface area contributed by atoms with Crippen LogP contribution in [0.3, 0.4) is 0 Å². The molecule has 0 fully saturated rings. The Balaban J connectivity index is 3.06. The number of carbonyl (C=O) groups is 1. The van der Waals surface area contributed by atoms with Crippen molar-refractivity contribution < 1.29 is 9.53 Å². The lowest BCUT2D eigenvalue weighted by Crippen LogP contribution is -2.37. The van der Waals surface area contributed by atoms with Crippen LogP contribution in [0.25, 0.3) is 0 Å². The molecule has 7 nitrogen and oxygen atoms in total. The maximum atomic E-state index is 11.3. The van der Waals surface area contributed by atoms with Crippen molar-refractivity contribution in [1.82, 2.24) is 9.97 Å². The lowest BCUT2D eigenvalue weighted by atomic mass is 10.2. The predicted octanol–water partition coefficient (Wildman–Crippen LogP) is 1.00. The Morgan fingerprint density at radius 3 is 2.71 bits per heavy atom. The number of anilines is 2. The van der Waals surface area contributed by atoms with Crippen molar-refractivity contribution in [3.63, 3.8) is 0 Å². The van der Waals surface area contributed by atoms with E-state index in [4.69, 9.17) is 10.5 Å². The van der Waals surface area contributed by atoms with Gasteiger partial charge in [-0.3, -0.25) is 4.79 Å². The van der Waals surface area contributed by atoms with Crippen molar-refractivity contribution in [2.75, 3.05) is 37.0 Å². The van der Waals surface area contributed by atoms with Crippen molar-refractivity contribution in [1.29, 1.82) is 0 Å². The summed E-state index contributed by atoms with van der Waals surface area (Å²) in [6.07, 6.45) is 0. The SMILES string of the molecule is CCOCc1nc(NC)cc(N(CC(N)=O)CC(C)C)n1. The summed E-state index contributed by atoms with van der Waals surface area (Å²) in [5, 5.41) is 3.00. The fourth-order valence-corrected chi connectivity index (χ4v) is 1.90. The van der Waals surface area contributed by atoms with Gasteiger partial charge in [-0.25, -0.2) is 9.97 Å². The first-order chi connectivity index (χ1) is 9.96. The van der Waals surface area contributed by atoms with Crippen LogP contribution in [-0.2, 0) is 16.1 Å². The smallest absolute Gasteiger partial charge is 0.236 e. The monoisotopic (exact) mass is 295 g/mol. The van der Waals surface area contributed by atoms with Crippen LogP contribution >= 0.6 is 0 Å². The first-order valence-electron chi connectivity index (χ1n) is 7.13. The van der Waals surface area contributed by atoms with Gasteiger partial charge in [0, 0.05) is 26.3 Å². The molecule has 118 valence electrons. The van der Waals surface area contributed by atoms with E-state index in [1.807, 2.05) is 11.8 Å². The van der Waals surface area contributed by atoms with Crippen molar-refractivity contribution in [3.05, 3.63) is 11.9 Å². The fraction of sp³-hybridized carbons (Fsp3) is 0.643. The molecule has 0 atom stereocenters. The molecule has 0 saturated heterocycles. The molecule has 0 saturated carbocycles. The molecule has 1 aromatic heterocycles. The van der Waals surface area contributed by atoms with Gasteiger partial charge in [0.15, 0.2) is 5.82 Å². The van der Waals surface area contributed by atoms with Crippen LogP contribution in [0.4, 0.5) is 11.6 Å². The van der Waals surface area contributed by atoms with E-state index in [9.17, 15) is 4.79 Å². The first kappa shape index (κ1) is 17.2. The molecule has 1 aromatic rings. The van der Waals surface area contributed by atoms with E-state index in [-0.39, 0.29) is 12.5 Å². The predicted molar refractivity (Wildman–Crippen MR) is 83.2 cm³/mol. The Hall–Kier alpha value is -1.89. The zero-order valence-corrected chi connectivity index (χ0v) is 13.2. The lowest BCUT2D eigenvalue weighted by molar-refractivity contribution is -0.116. The van der Waals surface area contributed by atoms with Crippen LogP contribution in [0.5, 0.6) is 0 Å². The van der Waals surface area contributed by atoms with E-state index in [1.165, 1.54) is 0 Å². The molecule has 0 unspecified atom stereocenters. The van der Waals surface area contributed by atoms with Crippen LogP contribution < -0.4 is 16.0 Å². The molecule has 3 N–H and O–H groups in total. The highest BCUT2D eigenvalue weighted by Gasteiger charge is 2.15. The van der Waals surface area contributed by atoms with Gasteiger partial charge in [0.1, 0.15) is 18.2 Å². The maximum absolute atomic E-state index is 11.3. The van der Waals surface area contributed by atoms with E-state index in [0.29, 0.717) is 43.1 Å². The molecule has 1 amide bonds. The number of carbonyl (C=O) groups excluding carboxylic acids is 1. The van der Waals surface area contributed by atoms with E-state index in [1.54, 1.807) is 13.1 Å². The number of nitrogens with one attached hydrogen (secondary N) is 1. The topological polar surface area (TPSA) is 93.4 Å². The molecule has 0 aliphatic heterocycles. The fourth-order valence-electron chi connectivity index (χ4n) is 1.90.